The first-order valence-corrected chi connectivity index (χ1v) is 13.3. The second-order valence-electron chi connectivity index (χ2n) is 6.58. The van der Waals surface area contributed by atoms with E-state index in [-0.39, 0.29) is 17.0 Å². The quantitative estimate of drug-likeness (QED) is 0.203. The Balaban J connectivity index is 1.66. The number of hydrogen-bond donors (Lipinski definition) is 6. The van der Waals surface area contributed by atoms with Gasteiger partial charge in [-0.2, -0.15) is 8.62 Å². The highest BCUT2D eigenvalue weighted by molar-refractivity contribution is 7.67. The second-order valence-corrected chi connectivity index (χ2v) is 11.1. The third kappa shape index (κ3) is 6.23. The predicted molar refractivity (Wildman–Crippen MR) is 105 cm³/mol. The lowest BCUT2D eigenvalue weighted by Crippen LogP contribution is -2.33. The van der Waals surface area contributed by atoms with Crippen LogP contribution in [0.15, 0.2) is 12.7 Å². The van der Waals surface area contributed by atoms with Crippen molar-refractivity contribution in [2.45, 2.75) is 31.5 Å². The van der Waals surface area contributed by atoms with Crippen LogP contribution in [0.5, 0.6) is 0 Å². The molecule has 7 N–H and O–H groups in total. The number of anilines is 1. The summed E-state index contributed by atoms with van der Waals surface area (Å²) >= 11 is 0. The molecule has 0 aromatic carbocycles. The summed E-state index contributed by atoms with van der Waals surface area (Å²) in [5.74, 6) is -1.33. The van der Waals surface area contributed by atoms with Gasteiger partial charge in [-0.1, -0.05) is 0 Å². The molecule has 1 aliphatic heterocycles. The number of aromatic nitrogens is 4. The van der Waals surface area contributed by atoms with Gasteiger partial charge in [0, 0.05) is 6.92 Å². The number of hydrogen-bond acceptors (Lipinski definition) is 15. The number of aliphatic hydroxyl groups excluding tert-OH is 2. The largest absolute Gasteiger partial charge is 0.538 e. The molecule has 0 radical (unpaired) electrons. The van der Waals surface area contributed by atoms with Gasteiger partial charge < -0.3 is 35.0 Å². The van der Waals surface area contributed by atoms with Crippen molar-refractivity contribution in [3.63, 3.8) is 0 Å². The second kappa shape index (κ2) is 9.66. The lowest BCUT2D eigenvalue weighted by Gasteiger charge is -2.19. The molecule has 0 amide bonds. The van der Waals surface area contributed by atoms with Gasteiger partial charge in [0.2, 0.25) is 0 Å². The standard InChI is InChI=1S/C12H18N5O14P3/c1-5(18)29-33(23,24)31-34(25,26)30-32(21,22)27-2-6-8(19)9(20)12(28-6)17-4-16-7-10(13)14-3-15-11(7)17/h3-4,6,8-9,12,19-20H,2H2,1H3,(H,21,22)(H,23,24)(H,25,26)(H2,13,14,15)/t6-,8?,9+,12-/m1/s1. The molecule has 3 rings (SSSR count). The molecule has 3 heterocycles. The van der Waals surface area contributed by atoms with E-state index in [9.17, 15) is 38.5 Å². The molecule has 190 valence electrons. The number of carbonyl (C=O) groups excluding carboxylic acids is 1. The zero-order chi connectivity index (χ0) is 25.5. The third-order valence-corrected chi connectivity index (χ3v) is 8.32. The lowest BCUT2D eigenvalue weighted by atomic mass is 10.1. The van der Waals surface area contributed by atoms with Crippen molar-refractivity contribution < 1.29 is 65.8 Å². The maximum atomic E-state index is 12.0. The number of nitrogens with zero attached hydrogens (tertiary/aromatic N) is 4. The van der Waals surface area contributed by atoms with Crippen LogP contribution in [-0.4, -0.2) is 75.3 Å². The fourth-order valence-electron chi connectivity index (χ4n) is 2.80. The van der Waals surface area contributed by atoms with Gasteiger partial charge in [0.05, 0.1) is 12.9 Å². The number of nitrogens with two attached hydrogens (primary N) is 1. The minimum atomic E-state index is -5.78. The van der Waals surface area contributed by atoms with Gasteiger partial charge in [0.25, 0.3) is 0 Å². The number of aliphatic hydroxyl groups is 2. The van der Waals surface area contributed by atoms with Crippen molar-refractivity contribution in [3.8, 4) is 0 Å². The number of rotatable bonds is 9. The molecular formula is C12H18N5O14P3. The average Bonchev–Trinajstić information content (AvgIpc) is 3.20. The molecule has 1 aliphatic rings. The minimum absolute atomic E-state index is 0.0341. The van der Waals surface area contributed by atoms with Gasteiger partial charge in [-0.3, -0.25) is 18.8 Å². The summed E-state index contributed by atoms with van der Waals surface area (Å²) in [5.41, 5.74) is 6.00. The zero-order valence-corrected chi connectivity index (χ0v) is 19.5. The minimum Gasteiger partial charge on any atom is -0.387 e. The fraction of sp³-hybridized carbons (Fsp3) is 0.500. The fourth-order valence-corrected chi connectivity index (χ4v) is 6.25. The Morgan fingerprint density at radius 3 is 2.38 bits per heavy atom. The smallest absolute Gasteiger partial charge is 0.387 e. The van der Waals surface area contributed by atoms with Gasteiger partial charge in [0.1, 0.15) is 30.2 Å². The third-order valence-electron chi connectivity index (χ3n) is 4.06. The zero-order valence-electron chi connectivity index (χ0n) is 16.8. The van der Waals surface area contributed by atoms with E-state index in [0.29, 0.717) is 6.92 Å². The van der Waals surface area contributed by atoms with Crippen LogP contribution in [0.4, 0.5) is 5.82 Å². The first kappa shape index (κ1) is 26.7. The van der Waals surface area contributed by atoms with E-state index in [1.165, 1.54) is 10.9 Å². The van der Waals surface area contributed by atoms with Crippen LogP contribution >= 0.6 is 23.5 Å². The van der Waals surface area contributed by atoms with Crippen molar-refractivity contribution >= 4 is 46.4 Å². The van der Waals surface area contributed by atoms with E-state index in [1.54, 1.807) is 0 Å². The van der Waals surface area contributed by atoms with Gasteiger partial charge in [-0.15, -0.1) is 0 Å². The molecule has 0 aliphatic carbocycles. The van der Waals surface area contributed by atoms with Crippen LogP contribution in [0.3, 0.4) is 0 Å². The molecule has 4 unspecified atom stereocenters. The van der Waals surface area contributed by atoms with E-state index in [4.69, 9.17) is 15.4 Å². The van der Waals surface area contributed by atoms with Crippen LogP contribution in [0.25, 0.3) is 11.2 Å². The molecule has 34 heavy (non-hydrogen) atoms. The molecule has 0 bridgehead atoms. The maximum Gasteiger partial charge on any atom is 0.538 e. The Labute approximate surface area is 188 Å². The van der Waals surface area contributed by atoms with Gasteiger partial charge in [-0.05, 0) is 0 Å². The van der Waals surface area contributed by atoms with Crippen LogP contribution in [-0.2, 0) is 40.9 Å². The highest BCUT2D eigenvalue weighted by Gasteiger charge is 2.47. The number of imidazole rings is 1. The van der Waals surface area contributed by atoms with Gasteiger partial charge in [-0.25, -0.2) is 28.6 Å². The first-order valence-electron chi connectivity index (χ1n) is 8.81. The van der Waals surface area contributed by atoms with Crippen molar-refractivity contribution in [2.24, 2.45) is 0 Å². The summed E-state index contributed by atoms with van der Waals surface area (Å²) in [7, 11) is -16.8. The van der Waals surface area contributed by atoms with E-state index in [2.05, 4.69) is 32.6 Å². The molecule has 0 spiro atoms. The Bertz CT molecular complexity index is 1220. The van der Waals surface area contributed by atoms with Crippen LogP contribution < -0.4 is 5.73 Å². The SMILES string of the molecule is CC(=O)OP(=O)(O)OP(=O)(O)OP(=O)(O)OC[C@H]1O[C@@H](n2cnc3c(N)ncnc32)[C@@H](O)C1O. The predicted octanol–water partition coefficient (Wildman–Crippen LogP) is -1.06. The summed E-state index contributed by atoms with van der Waals surface area (Å²) in [5, 5.41) is 20.5. The summed E-state index contributed by atoms with van der Waals surface area (Å²) in [6.45, 7) is -0.300. The van der Waals surface area contributed by atoms with Gasteiger partial charge in [0.15, 0.2) is 17.7 Å². The van der Waals surface area contributed by atoms with E-state index in [1.807, 2.05) is 0 Å². The van der Waals surface area contributed by atoms with Crippen molar-refractivity contribution in [3.05, 3.63) is 12.7 Å². The molecule has 2 aromatic rings. The average molecular weight is 549 g/mol. The number of phosphoric ester groups is 2. The normalized spacial score (nSPS) is 28.2. The Morgan fingerprint density at radius 1 is 1.09 bits per heavy atom. The molecule has 7 atom stereocenters. The number of ether oxygens (including phenoxy) is 1. The number of phosphoric acid groups is 3. The highest BCUT2D eigenvalue weighted by Crippen LogP contribution is 2.67. The highest BCUT2D eigenvalue weighted by atomic mass is 31.3. The topological polar surface area (TPSA) is 285 Å². The molecular weight excluding hydrogens is 531 g/mol. The van der Waals surface area contributed by atoms with E-state index >= 15 is 0 Å². The van der Waals surface area contributed by atoms with Crippen molar-refractivity contribution in [1.29, 1.82) is 0 Å². The number of fused-ring (bicyclic) bond motifs is 1. The molecule has 19 nitrogen and oxygen atoms in total. The summed E-state index contributed by atoms with van der Waals surface area (Å²) in [4.78, 5) is 50.6. The summed E-state index contributed by atoms with van der Waals surface area (Å²) in [6.07, 6.45) is -3.79. The summed E-state index contributed by atoms with van der Waals surface area (Å²) in [6, 6.07) is 0. The Morgan fingerprint density at radius 2 is 1.74 bits per heavy atom. The van der Waals surface area contributed by atoms with Crippen molar-refractivity contribution in [2.75, 3.05) is 12.3 Å². The molecule has 1 saturated heterocycles. The number of nitrogen functional groups attached to an aromatic ring is 1. The number of carbonyl (C=O) groups is 1. The van der Waals surface area contributed by atoms with Crippen molar-refractivity contribution in [1.82, 2.24) is 19.5 Å². The molecule has 22 heteroatoms. The van der Waals surface area contributed by atoms with Crippen LogP contribution in [0.1, 0.15) is 13.2 Å². The maximum absolute atomic E-state index is 12.0. The molecule has 0 saturated carbocycles. The lowest BCUT2D eigenvalue weighted by molar-refractivity contribution is -0.133. The van der Waals surface area contributed by atoms with E-state index in [0.717, 1.165) is 6.33 Å². The van der Waals surface area contributed by atoms with Crippen LogP contribution in [0.2, 0.25) is 0 Å². The van der Waals surface area contributed by atoms with Gasteiger partial charge >= 0.3 is 29.4 Å². The van der Waals surface area contributed by atoms with Crippen LogP contribution in [0, 0.1) is 0 Å². The summed E-state index contributed by atoms with van der Waals surface area (Å²) < 4.78 is 57.5. The Hall–Kier alpha value is -1.85. The van der Waals surface area contributed by atoms with E-state index < -0.39 is 60.6 Å². The molecule has 1 fully saturated rings. The molecule has 2 aromatic heterocycles. The first-order chi connectivity index (χ1) is 15.6. The Kier molecular flexibility index (Phi) is 7.60. The monoisotopic (exact) mass is 549 g/mol.